The molecule has 100 valence electrons. The lowest BCUT2D eigenvalue weighted by atomic mass is 10.1. The van der Waals surface area contributed by atoms with E-state index in [-0.39, 0.29) is 0 Å². The van der Waals surface area contributed by atoms with Gasteiger partial charge in [-0.25, -0.2) is 0 Å². The summed E-state index contributed by atoms with van der Waals surface area (Å²) in [4.78, 5) is 2.14. The van der Waals surface area contributed by atoms with E-state index >= 15 is 0 Å². The van der Waals surface area contributed by atoms with Gasteiger partial charge in [-0.05, 0) is 36.2 Å². The highest BCUT2D eigenvalue weighted by atomic mass is 16.5. The number of nitrogens with zero attached hydrogens (tertiary/aromatic N) is 1. The Hall–Kier alpha value is -2.00. The molecule has 0 unspecified atom stereocenters. The predicted molar refractivity (Wildman–Crippen MR) is 80.1 cm³/mol. The molecule has 0 aromatic heterocycles. The van der Waals surface area contributed by atoms with Gasteiger partial charge in [0.05, 0.1) is 7.11 Å². The SMILES string of the molecule is COc1ccc(CN)c(N(C)c2cccc(C)c2)c1. The number of methoxy groups -OCH3 is 1. The summed E-state index contributed by atoms with van der Waals surface area (Å²) in [5.41, 5.74) is 10.4. The molecule has 2 N–H and O–H groups in total. The third-order valence-corrected chi connectivity index (χ3v) is 3.26. The third kappa shape index (κ3) is 2.88. The second-order valence-corrected chi connectivity index (χ2v) is 4.60. The van der Waals surface area contributed by atoms with Gasteiger partial charge in [0.2, 0.25) is 0 Å². The van der Waals surface area contributed by atoms with Crippen LogP contribution in [-0.4, -0.2) is 14.2 Å². The maximum absolute atomic E-state index is 5.82. The minimum absolute atomic E-state index is 0.509. The van der Waals surface area contributed by atoms with Crippen molar-refractivity contribution in [2.45, 2.75) is 13.5 Å². The number of anilines is 2. The molecule has 0 radical (unpaired) electrons. The van der Waals surface area contributed by atoms with Gasteiger partial charge >= 0.3 is 0 Å². The van der Waals surface area contributed by atoms with E-state index in [0.29, 0.717) is 6.54 Å². The Morgan fingerprint density at radius 2 is 1.95 bits per heavy atom. The molecule has 0 atom stereocenters. The van der Waals surface area contributed by atoms with Crippen LogP contribution in [0, 0.1) is 6.92 Å². The van der Waals surface area contributed by atoms with Crippen LogP contribution in [0.1, 0.15) is 11.1 Å². The van der Waals surface area contributed by atoms with Crippen molar-refractivity contribution in [3.8, 4) is 5.75 Å². The second kappa shape index (κ2) is 5.76. The molecule has 0 heterocycles. The zero-order valence-electron chi connectivity index (χ0n) is 11.7. The molecule has 0 amide bonds. The largest absolute Gasteiger partial charge is 0.497 e. The summed E-state index contributed by atoms with van der Waals surface area (Å²) in [6.07, 6.45) is 0. The minimum Gasteiger partial charge on any atom is -0.497 e. The normalized spacial score (nSPS) is 10.3. The van der Waals surface area contributed by atoms with Crippen molar-refractivity contribution in [2.75, 3.05) is 19.1 Å². The first kappa shape index (κ1) is 13.4. The minimum atomic E-state index is 0.509. The monoisotopic (exact) mass is 256 g/mol. The molecule has 3 nitrogen and oxygen atoms in total. The Morgan fingerprint density at radius 3 is 2.58 bits per heavy atom. The fourth-order valence-corrected chi connectivity index (χ4v) is 2.13. The lowest BCUT2D eigenvalue weighted by Crippen LogP contribution is -2.13. The Balaban J connectivity index is 2.44. The van der Waals surface area contributed by atoms with Crippen molar-refractivity contribution in [2.24, 2.45) is 5.73 Å². The Bertz CT molecular complexity index is 566. The molecule has 0 aliphatic heterocycles. The molecular formula is C16H20N2O. The molecule has 3 heteroatoms. The van der Waals surface area contributed by atoms with Gasteiger partial charge in [0.1, 0.15) is 5.75 Å². The third-order valence-electron chi connectivity index (χ3n) is 3.26. The van der Waals surface area contributed by atoms with E-state index < -0.39 is 0 Å². The quantitative estimate of drug-likeness (QED) is 0.912. The number of rotatable bonds is 4. The van der Waals surface area contributed by atoms with Gasteiger partial charge in [0, 0.05) is 31.0 Å². The summed E-state index contributed by atoms with van der Waals surface area (Å²) in [6, 6.07) is 14.4. The van der Waals surface area contributed by atoms with Crippen LogP contribution in [0.5, 0.6) is 5.75 Å². The predicted octanol–water partition coefficient (Wildman–Crippen LogP) is 3.23. The lowest BCUT2D eigenvalue weighted by molar-refractivity contribution is 0.415. The Labute approximate surface area is 114 Å². The molecule has 0 aliphatic rings. The Kier molecular flexibility index (Phi) is 4.07. The zero-order valence-corrected chi connectivity index (χ0v) is 11.7. The van der Waals surface area contributed by atoms with Crippen LogP contribution in [-0.2, 0) is 6.54 Å². The number of hydrogen-bond donors (Lipinski definition) is 1. The van der Waals surface area contributed by atoms with E-state index in [1.807, 2.05) is 25.2 Å². The van der Waals surface area contributed by atoms with Gasteiger partial charge in [-0.3, -0.25) is 0 Å². The molecule has 0 aliphatic carbocycles. The van der Waals surface area contributed by atoms with Crippen LogP contribution in [0.15, 0.2) is 42.5 Å². The van der Waals surface area contributed by atoms with Crippen LogP contribution >= 0.6 is 0 Å². The van der Waals surface area contributed by atoms with Gasteiger partial charge in [-0.2, -0.15) is 0 Å². The maximum Gasteiger partial charge on any atom is 0.120 e. The van der Waals surface area contributed by atoms with Crippen molar-refractivity contribution >= 4 is 11.4 Å². The van der Waals surface area contributed by atoms with E-state index in [4.69, 9.17) is 10.5 Å². The summed E-state index contributed by atoms with van der Waals surface area (Å²) in [6.45, 7) is 2.60. The van der Waals surface area contributed by atoms with E-state index in [1.165, 1.54) is 5.56 Å². The van der Waals surface area contributed by atoms with Crippen molar-refractivity contribution in [3.63, 3.8) is 0 Å². The molecule has 2 aromatic carbocycles. The van der Waals surface area contributed by atoms with E-state index in [1.54, 1.807) is 7.11 Å². The summed E-state index contributed by atoms with van der Waals surface area (Å²) in [7, 11) is 3.72. The molecule has 2 aromatic rings. The first-order valence-electron chi connectivity index (χ1n) is 6.33. The van der Waals surface area contributed by atoms with Gasteiger partial charge in [0.25, 0.3) is 0 Å². The highest BCUT2D eigenvalue weighted by Crippen LogP contribution is 2.30. The standard InChI is InChI=1S/C16H20N2O/c1-12-5-4-6-14(9-12)18(2)16-10-15(19-3)8-7-13(16)11-17/h4-10H,11,17H2,1-3H3. The first-order valence-corrected chi connectivity index (χ1v) is 6.33. The smallest absolute Gasteiger partial charge is 0.120 e. The van der Waals surface area contributed by atoms with Crippen LogP contribution in [0.4, 0.5) is 11.4 Å². The molecule has 2 rings (SSSR count). The topological polar surface area (TPSA) is 38.5 Å². The molecular weight excluding hydrogens is 236 g/mol. The van der Waals surface area contributed by atoms with Crippen LogP contribution in [0.3, 0.4) is 0 Å². The fraction of sp³-hybridized carbons (Fsp3) is 0.250. The molecule has 0 saturated heterocycles. The van der Waals surface area contributed by atoms with Crippen molar-refractivity contribution in [1.29, 1.82) is 0 Å². The van der Waals surface area contributed by atoms with E-state index in [0.717, 1.165) is 22.7 Å². The fourth-order valence-electron chi connectivity index (χ4n) is 2.13. The summed E-state index contributed by atoms with van der Waals surface area (Å²) < 4.78 is 5.30. The number of benzene rings is 2. The number of nitrogens with two attached hydrogens (primary N) is 1. The highest BCUT2D eigenvalue weighted by Gasteiger charge is 2.10. The second-order valence-electron chi connectivity index (χ2n) is 4.60. The van der Waals surface area contributed by atoms with Gasteiger partial charge in [0.15, 0.2) is 0 Å². The van der Waals surface area contributed by atoms with Crippen molar-refractivity contribution < 1.29 is 4.74 Å². The Morgan fingerprint density at radius 1 is 1.16 bits per heavy atom. The van der Waals surface area contributed by atoms with Crippen LogP contribution < -0.4 is 15.4 Å². The average Bonchev–Trinajstić information content (AvgIpc) is 2.45. The van der Waals surface area contributed by atoms with Gasteiger partial charge < -0.3 is 15.4 Å². The number of ether oxygens (including phenoxy) is 1. The highest BCUT2D eigenvalue weighted by molar-refractivity contribution is 5.67. The summed E-state index contributed by atoms with van der Waals surface area (Å²) >= 11 is 0. The zero-order chi connectivity index (χ0) is 13.8. The average molecular weight is 256 g/mol. The van der Waals surface area contributed by atoms with Crippen LogP contribution in [0.25, 0.3) is 0 Å². The molecule has 0 bridgehead atoms. The first-order chi connectivity index (χ1) is 9.15. The summed E-state index contributed by atoms with van der Waals surface area (Å²) in [5.74, 6) is 0.840. The van der Waals surface area contributed by atoms with E-state index in [9.17, 15) is 0 Å². The molecule has 0 spiro atoms. The lowest BCUT2D eigenvalue weighted by Gasteiger charge is -2.23. The van der Waals surface area contributed by atoms with Gasteiger partial charge in [-0.1, -0.05) is 18.2 Å². The van der Waals surface area contributed by atoms with Crippen molar-refractivity contribution in [1.82, 2.24) is 0 Å². The number of aryl methyl sites for hydroxylation is 1. The molecule has 0 saturated carbocycles. The van der Waals surface area contributed by atoms with Gasteiger partial charge in [-0.15, -0.1) is 0 Å². The maximum atomic E-state index is 5.82. The summed E-state index contributed by atoms with van der Waals surface area (Å²) in [5, 5.41) is 0. The molecule has 0 fully saturated rings. The van der Waals surface area contributed by atoms with Crippen molar-refractivity contribution in [3.05, 3.63) is 53.6 Å². The van der Waals surface area contributed by atoms with Crippen LogP contribution in [0.2, 0.25) is 0 Å². The number of hydrogen-bond acceptors (Lipinski definition) is 3. The van der Waals surface area contributed by atoms with E-state index in [2.05, 4.69) is 36.1 Å². The molecule has 19 heavy (non-hydrogen) atoms.